The van der Waals surface area contributed by atoms with Crippen LogP contribution in [0.4, 0.5) is 5.82 Å². The molecule has 1 aliphatic rings. The lowest BCUT2D eigenvalue weighted by atomic mass is 10.0. The van der Waals surface area contributed by atoms with Gasteiger partial charge in [0.1, 0.15) is 23.0 Å². The molecule has 0 saturated carbocycles. The summed E-state index contributed by atoms with van der Waals surface area (Å²) in [5.41, 5.74) is 1.92. The fraction of sp³-hybridized carbons (Fsp3) is 0.400. The van der Waals surface area contributed by atoms with Crippen molar-refractivity contribution in [1.82, 2.24) is 19.4 Å². The molecule has 35 heavy (non-hydrogen) atoms. The minimum absolute atomic E-state index is 0.0802. The highest BCUT2D eigenvalue weighted by molar-refractivity contribution is 6.28. The minimum atomic E-state index is -1.13. The lowest BCUT2D eigenvalue weighted by Gasteiger charge is -2.33. The Morgan fingerprint density at radius 3 is 2.29 bits per heavy atom. The predicted molar refractivity (Wildman–Crippen MR) is 134 cm³/mol. The number of aromatic carboxylic acids is 1. The van der Waals surface area contributed by atoms with E-state index in [1.54, 1.807) is 0 Å². The first-order valence-corrected chi connectivity index (χ1v) is 12.2. The Hall–Kier alpha value is -3.30. The van der Waals surface area contributed by atoms with E-state index in [9.17, 15) is 9.90 Å². The van der Waals surface area contributed by atoms with Crippen molar-refractivity contribution in [3.05, 3.63) is 59.3 Å². The average Bonchev–Trinajstić information content (AvgIpc) is 3.35. The van der Waals surface area contributed by atoms with Gasteiger partial charge in [0.2, 0.25) is 5.28 Å². The number of carbonyl (C=O) groups is 1. The van der Waals surface area contributed by atoms with Crippen molar-refractivity contribution in [3.63, 3.8) is 0 Å². The molecular weight excluding hydrogens is 470 g/mol. The van der Waals surface area contributed by atoms with Crippen LogP contribution in [-0.2, 0) is 6.54 Å². The molecule has 1 aliphatic heterocycles. The van der Waals surface area contributed by atoms with Crippen molar-refractivity contribution < 1.29 is 19.4 Å². The van der Waals surface area contributed by atoms with Crippen molar-refractivity contribution in [2.45, 2.75) is 39.3 Å². The van der Waals surface area contributed by atoms with Crippen LogP contribution in [0.1, 0.15) is 42.7 Å². The topological polar surface area (TPSA) is 102 Å². The number of benzene rings is 1. The summed E-state index contributed by atoms with van der Waals surface area (Å²) in [6.45, 7) is 7.64. The third-order valence-electron chi connectivity index (χ3n) is 5.83. The molecule has 0 unspecified atom stereocenters. The van der Waals surface area contributed by atoms with Crippen molar-refractivity contribution in [1.29, 1.82) is 0 Å². The number of nitrogens with zero attached hydrogens (tertiary/aromatic N) is 4. The summed E-state index contributed by atoms with van der Waals surface area (Å²) in [6, 6.07) is 9.75. The van der Waals surface area contributed by atoms with Gasteiger partial charge in [0.05, 0.1) is 13.2 Å². The Bertz CT molecular complexity index is 1120. The number of hydrogen-bond acceptors (Lipinski definition) is 7. The van der Waals surface area contributed by atoms with E-state index < -0.39 is 5.97 Å². The van der Waals surface area contributed by atoms with Gasteiger partial charge < -0.3 is 24.5 Å². The Morgan fingerprint density at radius 1 is 1.09 bits per heavy atom. The molecular formula is C25H30ClN5O4. The van der Waals surface area contributed by atoms with Crippen molar-refractivity contribution >= 4 is 23.4 Å². The SMILES string of the molecule is CCOc1cc(CN2CCC(Nc3cc(C(=O)O)nc(Cl)n3)CC2)cc(OCC)c1-n1cccc1. The van der Waals surface area contributed by atoms with E-state index in [1.807, 2.05) is 42.9 Å². The lowest BCUT2D eigenvalue weighted by Crippen LogP contribution is -2.38. The number of rotatable bonds is 10. The molecule has 3 aromatic rings. The third-order valence-corrected chi connectivity index (χ3v) is 5.99. The predicted octanol–water partition coefficient (Wildman–Crippen LogP) is 4.49. The number of piperidine rings is 1. The van der Waals surface area contributed by atoms with E-state index in [0.29, 0.717) is 19.0 Å². The Labute approximate surface area is 209 Å². The number of aromatic nitrogens is 3. The fourth-order valence-corrected chi connectivity index (χ4v) is 4.48. The highest BCUT2D eigenvalue weighted by atomic mass is 35.5. The molecule has 0 bridgehead atoms. The van der Waals surface area contributed by atoms with E-state index in [1.165, 1.54) is 6.07 Å². The summed E-state index contributed by atoms with van der Waals surface area (Å²) in [5, 5.41) is 12.4. The first-order valence-electron chi connectivity index (χ1n) is 11.8. The van der Waals surface area contributed by atoms with Gasteiger partial charge in [-0.1, -0.05) is 0 Å². The van der Waals surface area contributed by atoms with E-state index >= 15 is 0 Å². The second kappa shape index (κ2) is 11.4. The largest absolute Gasteiger partial charge is 0.492 e. The molecule has 2 aromatic heterocycles. The molecule has 0 aliphatic carbocycles. The van der Waals surface area contributed by atoms with Crippen LogP contribution in [0.3, 0.4) is 0 Å². The molecule has 2 N–H and O–H groups in total. The molecule has 4 rings (SSSR count). The maximum Gasteiger partial charge on any atom is 0.354 e. The lowest BCUT2D eigenvalue weighted by molar-refractivity contribution is 0.0690. The van der Waals surface area contributed by atoms with Gasteiger partial charge in [0.25, 0.3) is 0 Å². The smallest absolute Gasteiger partial charge is 0.354 e. The molecule has 1 fully saturated rings. The summed E-state index contributed by atoms with van der Waals surface area (Å²) < 4.78 is 14.0. The Kier molecular flexibility index (Phi) is 8.09. The first kappa shape index (κ1) is 24.8. The second-order valence-corrected chi connectivity index (χ2v) is 8.64. The van der Waals surface area contributed by atoms with Gasteiger partial charge >= 0.3 is 5.97 Å². The van der Waals surface area contributed by atoms with Gasteiger partial charge in [-0.3, -0.25) is 4.90 Å². The normalized spacial score (nSPS) is 14.6. The minimum Gasteiger partial charge on any atom is -0.492 e. The third kappa shape index (κ3) is 6.23. The number of anilines is 1. The molecule has 9 nitrogen and oxygen atoms in total. The molecule has 186 valence electrons. The number of carboxylic acid groups (broad SMARTS) is 1. The maximum absolute atomic E-state index is 11.2. The Morgan fingerprint density at radius 2 is 1.71 bits per heavy atom. The standard InChI is InChI=1S/C25H30ClN5O4/c1-3-34-20-13-17(14-21(35-4-2)23(20)31-9-5-6-10-31)16-30-11-7-18(8-12-30)27-22-15-19(24(32)33)28-25(26)29-22/h5-6,9-10,13-15,18H,3-4,7-8,11-12,16H2,1-2H3,(H,32,33)(H,27,28,29). The summed E-state index contributed by atoms with van der Waals surface area (Å²) in [4.78, 5) is 21.5. The zero-order valence-electron chi connectivity index (χ0n) is 19.9. The zero-order chi connectivity index (χ0) is 24.8. The number of likely N-dealkylation sites (tertiary alicyclic amines) is 1. The van der Waals surface area contributed by atoms with Crippen LogP contribution in [0.25, 0.3) is 5.69 Å². The number of nitrogens with one attached hydrogen (secondary N) is 1. The van der Waals surface area contributed by atoms with Gasteiger partial charge in [-0.05, 0) is 68.1 Å². The molecule has 0 spiro atoms. The Balaban J connectivity index is 1.44. The van der Waals surface area contributed by atoms with Crippen LogP contribution in [0, 0.1) is 0 Å². The van der Waals surface area contributed by atoms with Crippen molar-refractivity contribution in [2.75, 3.05) is 31.6 Å². The van der Waals surface area contributed by atoms with Crippen molar-refractivity contribution in [2.24, 2.45) is 0 Å². The van der Waals surface area contributed by atoms with E-state index in [0.717, 1.165) is 55.2 Å². The highest BCUT2D eigenvalue weighted by Crippen LogP contribution is 2.35. The van der Waals surface area contributed by atoms with E-state index in [4.69, 9.17) is 21.1 Å². The van der Waals surface area contributed by atoms with Crippen LogP contribution >= 0.6 is 11.6 Å². The quantitative estimate of drug-likeness (QED) is 0.393. The first-order chi connectivity index (χ1) is 17.0. The molecule has 1 saturated heterocycles. The number of halogens is 1. The van der Waals surface area contributed by atoms with Crippen LogP contribution in [0.15, 0.2) is 42.7 Å². The van der Waals surface area contributed by atoms with Crippen LogP contribution in [-0.4, -0.2) is 62.9 Å². The van der Waals surface area contributed by atoms with Gasteiger partial charge in [-0.15, -0.1) is 0 Å². The molecule has 0 atom stereocenters. The second-order valence-electron chi connectivity index (χ2n) is 8.30. The number of hydrogen-bond donors (Lipinski definition) is 2. The molecule has 0 radical (unpaired) electrons. The van der Waals surface area contributed by atoms with Crippen LogP contribution in [0.2, 0.25) is 5.28 Å². The van der Waals surface area contributed by atoms with Gasteiger partial charge in [0.15, 0.2) is 5.69 Å². The van der Waals surface area contributed by atoms with E-state index in [-0.39, 0.29) is 17.0 Å². The summed E-state index contributed by atoms with van der Waals surface area (Å²) in [6.07, 6.45) is 5.76. The zero-order valence-corrected chi connectivity index (χ0v) is 20.7. The molecule has 1 aromatic carbocycles. The van der Waals surface area contributed by atoms with Gasteiger partial charge in [-0.2, -0.15) is 0 Å². The highest BCUT2D eigenvalue weighted by Gasteiger charge is 2.22. The molecule has 0 amide bonds. The maximum atomic E-state index is 11.2. The van der Waals surface area contributed by atoms with Crippen molar-refractivity contribution in [3.8, 4) is 17.2 Å². The average molecular weight is 500 g/mol. The number of ether oxygens (including phenoxy) is 2. The monoisotopic (exact) mass is 499 g/mol. The summed E-state index contributed by atoms with van der Waals surface area (Å²) in [5.74, 6) is 0.907. The van der Waals surface area contributed by atoms with Gasteiger partial charge in [0, 0.05) is 44.1 Å². The summed E-state index contributed by atoms with van der Waals surface area (Å²) in [7, 11) is 0. The van der Waals surface area contributed by atoms with E-state index in [2.05, 4.69) is 32.3 Å². The number of carboxylic acids is 1. The van der Waals surface area contributed by atoms with Gasteiger partial charge in [-0.25, -0.2) is 14.8 Å². The fourth-order valence-electron chi connectivity index (χ4n) is 4.30. The summed E-state index contributed by atoms with van der Waals surface area (Å²) >= 11 is 5.88. The van der Waals surface area contributed by atoms with Crippen LogP contribution in [0.5, 0.6) is 11.5 Å². The molecule has 3 heterocycles. The van der Waals surface area contributed by atoms with Crippen LogP contribution < -0.4 is 14.8 Å². The molecule has 10 heteroatoms.